The van der Waals surface area contributed by atoms with Crippen molar-refractivity contribution in [2.75, 3.05) is 0 Å². The molecule has 0 aliphatic heterocycles. The maximum atomic E-state index is 12.7. The molecule has 0 spiro atoms. The van der Waals surface area contributed by atoms with E-state index in [0.29, 0.717) is 23.6 Å². The van der Waals surface area contributed by atoms with Gasteiger partial charge in [0, 0.05) is 24.5 Å². The second-order valence-corrected chi connectivity index (χ2v) is 8.28. The molecule has 0 unspecified atom stereocenters. The fourth-order valence-corrected chi connectivity index (χ4v) is 4.30. The van der Waals surface area contributed by atoms with Crippen LogP contribution in [0.4, 0.5) is 0 Å². The molecule has 1 N–H and O–H groups in total. The van der Waals surface area contributed by atoms with Crippen molar-refractivity contribution in [3.8, 4) is 0 Å². The predicted octanol–water partition coefficient (Wildman–Crippen LogP) is 3.41. The maximum Gasteiger partial charge on any atom is 0.330 e. The first-order chi connectivity index (χ1) is 16.5. The minimum absolute atomic E-state index is 0.0345. The summed E-state index contributed by atoms with van der Waals surface area (Å²) in [6.07, 6.45) is 3.28. The van der Waals surface area contributed by atoms with E-state index in [2.05, 4.69) is 9.97 Å². The number of aromatic nitrogens is 4. The molecule has 0 aliphatic rings. The Bertz CT molecular complexity index is 1650. The zero-order valence-corrected chi connectivity index (χ0v) is 19.0. The van der Waals surface area contributed by atoms with Gasteiger partial charge in [-0.3, -0.25) is 19.1 Å². The molecule has 3 aromatic heterocycles. The summed E-state index contributed by atoms with van der Waals surface area (Å²) >= 11 is 0. The number of esters is 1. The van der Waals surface area contributed by atoms with Gasteiger partial charge in [-0.2, -0.15) is 0 Å². The van der Waals surface area contributed by atoms with Gasteiger partial charge in [0.25, 0.3) is 5.56 Å². The van der Waals surface area contributed by atoms with Crippen molar-refractivity contribution in [1.82, 2.24) is 19.1 Å². The highest BCUT2D eigenvalue weighted by Gasteiger charge is 2.19. The first kappa shape index (κ1) is 21.7. The number of nitrogens with zero attached hydrogens (tertiary/aromatic N) is 3. The zero-order valence-electron chi connectivity index (χ0n) is 19.0. The number of hydrogen-bond acceptors (Lipinski definition) is 6. The highest BCUT2D eigenvalue weighted by atomic mass is 16.5. The average Bonchev–Trinajstić information content (AvgIpc) is 3.39. The van der Waals surface area contributed by atoms with Crippen LogP contribution >= 0.6 is 0 Å². The number of carbonyl (C=O) groups is 1. The molecule has 0 bridgehead atoms. The highest BCUT2D eigenvalue weighted by molar-refractivity contribution is 6.08. The Hall–Kier alpha value is -4.14. The van der Waals surface area contributed by atoms with Crippen LogP contribution in [-0.2, 0) is 36.2 Å². The second-order valence-electron chi connectivity index (χ2n) is 8.28. The number of furan rings is 1. The number of benzene rings is 2. The minimum Gasteiger partial charge on any atom is -0.464 e. The number of carbonyl (C=O) groups excluding carboxylic acids is 1. The van der Waals surface area contributed by atoms with Gasteiger partial charge in [0.1, 0.15) is 18.0 Å². The number of nitrogens with one attached hydrogen (secondary N) is 1. The van der Waals surface area contributed by atoms with Gasteiger partial charge in [-0.25, -0.2) is 9.78 Å². The Morgan fingerprint density at radius 1 is 1.18 bits per heavy atom. The Morgan fingerprint density at radius 2 is 2.00 bits per heavy atom. The van der Waals surface area contributed by atoms with E-state index in [1.807, 2.05) is 43.3 Å². The van der Waals surface area contributed by atoms with Gasteiger partial charge in [0.2, 0.25) is 0 Å². The summed E-state index contributed by atoms with van der Waals surface area (Å²) in [5.74, 6) is -0.0628. The summed E-state index contributed by atoms with van der Waals surface area (Å²) in [6, 6.07) is 11.8. The number of aromatic amines is 1. The highest BCUT2D eigenvalue weighted by Crippen LogP contribution is 2.30. The van der Waals surface area contributed by atoms with Gasteiger partial charge in [-0.15, -0.1) is 0 Å². The topological polar surface area (TPSA) is 112 Å². The Morgan fingerprint density at radius 3 is 2.82 bits per heavy atom. The van der Waals surface area contributed by atoms with Crippen LogP contribution in [0.5, 0.6) is 0 Å². The lowest BCUT2D eigenvalue weighted by atomic mass is 10.0. The Kier molecular flexibility index (Phi) is 5.53. The Labute approximate surface area is 193 Å². The summed E-state index contributed by atoms with van der Waals surface area (Å²) in [6.45, 7) is 2.34. The van der Waals surface area contributed by atoms with E-state index in [4.69, 9.17) is 9.15 Å². The molecule has 0 saturated heterocycles. The van der Waals surface area contributed by atoms with E-state index in [0.717, 1.165) is 34.6 Å². The van der Waals surface area contributed by atoms with Gasteiger partial charge in [-0.05, 0) is 23.3 Å². The van der Waals surface area contributed by atoms with Gasteiger partial charge in [0.15, 0.2) is 11.2 Å². The van der Waals surface area contributed by atoms with Crippen molar-refractivity contribution in [3.05, 3.63) is 74.9 Å². The van der Waals surface area contributed by atoms with Gasteiger partial charge >= 0.3 is 11.7 Å². The molecule has 9 nitrogen and oxygen atoms in total. The number of H-pyrrole nitrogens is 1. The summed E-state index contributed by atoms with van der Waals surface area (Å²) < 4.78 is 14.2. The normalized spacial score (nSPS) is 11.6. The van der Waals surface area contributed by atoms with Crippen LogP contribution in [0.1, 0.15) is 31.2 Å². The molecule has 0 radical (unpaired) electrons. The molecule has 0 atom stereocenters. The van der Waals surface area contributed by atoms with Crippen LogP contribution < -0.4 is 11.2 Å². The summed E-state index contributed by atoms with van der Waals surface area (Å²) in [5.41, 5.74) is 1.01. The van der Waals surface area contributed by atoms with Gasteiger partial charge in [-0.1, -0.05) is 43.7 Å². The number of hydrogen-bond donors (Lipinski definition) is 1. The third kappa shape index (κ3) is 3.68. The molecule has 174 valence electrons. The molecule has 0 aliphatic carbocycles. The van der Waals surface area contributed by atoms with Crippen molar-refractivity contribution in [1.29, 1.82) is 0 Å². The number of imidazole rings is 1. The molecule has 3 heterocycles. The number of unbranched alkanes of at least 4 members (excludes halogenated alkanes) is 1. The fourth-order valence-electron chi connectivity index (χ4n) is 4.30. The van der Waals surface area contributed by atoms with Crippen LogP contribution in [0.15, 0.2) is 56.7 Å². The van der Waals surface area contributed by atoms with E-state index >= 15 is 0 Å². The third-order valence-electron chi connectivity index (χ3n) is 6.08. The molecule has 34 heavy (non-hydrogen) atoms. The van der Waals surface area contributed by atoms with E-state index < -0.39 is 17.2 Å². The lowest BCUT2D eigenvalue weighted by Crippen LogP contribution is -2.31. The van der Waals surface area contributed by atoms with E-state index in [9.17, 15) is 14.4 Å². The minimum atomic E-state index is -0.517. The number of ether oxygens (including phenoxy) is 1. The average molecular weight is 460 g/mol. The largest absolute Gasteiger partial charge is 0.464 e. The van der Waals surface area contributed by atoms with Crippen molar-refractivity contribution in [2.24, 2.45) is 7.05 Å². The maximum absolute atomic E-state index is 12.7. The van der Waals surface area contributed by atoms with Crippen molar-refractivity contribution >= 4 is 38.9 Å². The first-order valence-corrected chi connectivity index (χ1v) is 11.2. The molecular formula is C25H24N4O5. The number of fused-ring (bicyclic) bond motifs is 4. The molecule has 2 aromatic carbocycles. The molecule has 5 rings (SSSR count). The second kappa shape index (κ2) is 8.66. The standard InChI is InChI=1S/C25H24N4O5/c1-3-4-11-29-23-22(24(31)27-25(29)32)28(2)19(26-23)14-34-20(30)12-16-13-33-18-10-9-15-7-5-6-8-17(15)21(16)18/h5-10,13H,3-4,11-12,14H2,1-2H3,(H,27,31,32). The molecule has 0 amide bonds. The van der Waals surface area contributed by atoms with Crippen molar-refractivity contribution in [2.45, 2.75) is 39.3 Å². The van der Waals surface area contributed by atoms with Crippen molar-refractivity contribution < 1.29 is 13.9 Å². The molecule has 9 heteroatoms. The molecule has 0 fully saturated rings. The summed E-state index contributed by atoms with van der Waals surface area (Å²) in [5, 5.41) is 2.96. The third-order valence-corrected chi connectivity index (χ3v) is 6.08. The fraction of sp³-hybridized carbons (Fsp3) is 0.280. The van der Waals surface area contributed by atoms with E-state index in [1.54, 1.807) is 17.9 Å². The quantitative estimate of drug-likeness (QED) is 0.373. The summed E-state index contributed by atoms with van der Waals surface area (Å²) in [7, 11) is 1.66. The smallest absolute Gasteiger partial charge is 0.330 e. The number of aryl methyl sites for hydroxylation is 2. The van der Waals surface area contributed by atoms with Crippen LogP contribution in [-0.4, -0.2) is 25.1 Å². The molecule has 0 saturated carbocycles. The first-order valence-electron chi connectivity index (χ1n) is 11.2. The van der Waals surface area contributed by atoms with Crippen LogP contribution in [0.25, 0.3) is 32.9 Å². The van der Waals surface area contributed by atoms with Crippen LogP contribution in [0.3, 0.4) is 0 Å². The van der Waals surface area contributed by atoms with Crippen molar-refractivity contribution in [3.63, 3.8) is 0 Å². The van der Waals surface area contributed by atoms with Gasteiger partial charge < -0.3 is 13.7 Å². The molecular weight excluding hydrogens is 436 g/mol. The van der Waals surface area contributed by atoms with Gasteiger partial charge in [0.05, 0.1) is 12.7 Å². The lowest BCUT2D eigenvalue weighted by Gasteiger charge is -2.05. The number of rotatable bonds is 7. The lowest BCUT2D eigenvalue weighted by molar-refractivity contribution is -0.144. The monoisotopic (exact) mass is 460 g/mol. The SMILES string of the molecule is CCCCn1c(=O)[nH]c(=O)c2c1nc(COC(=O)Cc1coc3ccc4ccccc4c13)n2C. The summed E-state index contributed by atoms with van der Waals surface area (Å²) in [4.78, 5) is 44.2. The van der Waals surface area contributed by atoms with E-state index in [1.165, 1.54) is 4.57 Å². The zero-order chi connectivity index (χ0) is 23.8. The van der Waals surface area contributed by atoms with Crippen LogP contribution in [0.2, 0.25) is 0 Å². The predicted molar refractivity (Wildman–Crippen MR) is 128 cm³/mol. The molecule has 5 aromatic rings. The van der Waals surface area contributed by atoms with E-state index in [-0.39, 0.29) is 18.5 Å². The van der Waals surface area contributed by atoms with Crippen LogP contribution in [0, 0.1) is 0 Å². The Balaban J connectivity index is 1.40.